The molecule has 0 aliphatic heterocycles. The van der Waals surface area contributed by atoms with Crippen molar-refractivity contribution in [3.63, 3.8) is 0 Å². The Hall–Kier alpha value is -1.18. The smallest absolute Gasteiger partial charge is 0.175 e. The van der Waals surface area contributed by atoms with Crippen LogP contribution in [0, 0.1) is 28.1 Å². The minimum Gasteiger partial charge on any atom is -0.390 e. The molecule has 0 amide bonds. The number of ketones is 2. The lowest BCUT2D eigenvalue weighted by Crippen LogP contribution is -2.71. The molecule has 7 heteroatoms. The van der Waals surface area contributed by atoms with Gasteiger partial charge in [0.1, 0.15) is 17.6 Å². The minimum atomic E-state index is -2.30. The van der Waals surface area contributed by atoms with Crippen molar-refractivity contribution in [3.05, 3.63) is 11.6 Å². The molecule has 4 aliphatic carbocycles. The highest BCUT2D eigenvalue weighted by Crippen LogP contribution is 2.74. The highest BCUT2D eigenvalue weighted by molar-refractivity contribution is 5.92. The summed E-state index contributed by atoms with van der Waals surface area (Å²) in [5.74, 6) is -4.30. The molecule has 0 bridgehead atoms. The van der Waals surface area contributed by atoms with Gasteiger partial charge in [0, 0.05) is 24.2 Å². The normalized spacial score (nSPS) is 48.5. The third kappa shape index (κ3) is 2.59. The lowest BCUT2D eigenvalue weighted by Gasteiger charge is -2.65. The maximum atomic E-state index is 17.2. The standard InChI is InChI=1S/C25H36F2O5/c1-5-8-24(31,32)23(14(2)28)10-7-16-17-12-19(26)18-11-15(29)6-9-21(18,3)25(17,27)20(30)13-22(16,23)4/h11,16-17,19-20,30-32H,5-10,12-13H2,1-4H3/t16-,17-,19?,20?,21-,22-,23-,25-/m0/s1. The predicted octanol–water partition coefficient (Wildman–Crippen LogP) is 3.59. The number of aliphatic hydroxyl groups excluding tert-OH is 1. The van der Waals surface area contributed by atoms with Crippen molar-refractivity contribution in [1.82, 2.24) is 0 Å². The second kappa shape index (κ2) is 7.16. The minimum absolute atomic E-state index is 0.0190. The second-order valence-electron chi connectivity index (χ2n) is 11.3. The molecule has 3 saturated carbocycles. The van der Waals surface area contributed by atoms with Crippen LogP contribution in [-0.4, -0.2) is 50.6 Å². The van der Waals surface area contributed by atoms with Gasteiger partial charge in [-0.2, -0.15) is 0 Å². The largest absolute Gasteiger partial charge is 0.390 e. The van der Waals surface area contributed by atoms with Crippen molar-refractivity contribution in [3.8, 4) is 0 Å². The average molecular weight is 455 g/mol. The van der Waals surface area contributed by atoms with Gasteiger partial charge in [0.2, 0.25) is 0 Å². The first-order chi connectivity index (χ1) is 14.7. The third-order valence-electron chi connectivity index (χ3n) is 10.1. The number of allylic oxidation sites excluding steroid dienone is 1. The highest BCUT2D eigenvalue weighted by atomic mass is 19.1. The summed E-state index contributed by atoms with van der Waals surface area (Å²) in [4.78, 5) is 25.1. The fourth-order valence-corrected chi connectivity index (χ4v) is 8.67. The van der Waals surface area contributed by atoms with Crippen LogP contribution in [0.5, 0.6) is 0 Å². The molecule has 0 saturated heterocycles. The summed E-state index contributed by atoms with van der Waals surface area (Å²) in [5, 5.41) is 33.6. The Bertz CT molecular complexity index is 870. The Morgan fingerprint density at radius 2 is 1.91 bits per heavy atom. The number of Topliss-reactive ketones (excluding diaryl/α,β-unsaturated/α-hetero) is 1. The number of carbonyl (C=O) groups is 2. The van der Waals surface area contributed by atoms with Crippen molar-refractivity contribution in [2.75, 3.05) is 0 Å². The van der Waals surface area contributed by atoms with Gasteiger partial charge in [-0.25, -0.2) is 8.78 Å². The number of alkyl halides is 2. The average Bonchev–Trinajstić information content (AvgIpc) is 3.00. The Morgan fingerprint density at radius 1 is 1.25 bits per heavy atom. The summed E-state index contributed by atoms with van der Waals surface area (Å²) in [7, 11) is 0. The van der Waals surface area contributed by atoms with Crippen molar-refractivity contribution in [2.45, 2.75) is 103 Å². The van der Waals surface area contributed by atoms with Crippen LogP contribution in [0.3, 0.4) is 0 Å². The molecule has 3 N–H and O–H groups in total. The molecule has 0 heterocycles. The Kier molecular flexibility index (Phi) is 5.36. The van der Waals surface area contributed by atoms with Gasteiger partial charge in [-0.05, 0) is 62.0 Å². The van der Waals surface area contributed by atoms with E-state index in [2.05, 4.69) is 0 Å². The first-order valence-electron chi connectivity index (χ1n) is 11.9. The molecule has 0 radical (unpaired) electrons. The Morgan fingerprint density at radius 3 is 2.50 bits per heavy atom. The Labute approximate surface area is 188 Å². The summed E-state index contributed by atoms with van der Waals surface area (Å²) in [5.41, 5.74) is -5.99. The van der Waals surface area contributed by atoms with Gasteiger partial charge >= 0.3 is 0 Å². The topological polar surface area (TPSA) is 94.8 Å². The van der Waals surface area contributed by atoms with Crippen LogP contribution in [0.25, 0.3) is 0 Å². The maximum Gasteiger partial charge on any atom is 0.175 e. The zero-order chi connectivity index (χ0) is 23.9. The summed E-state index contributed by atoms with van der Waals surface area (Å²) in [6, 6.07) is 0. The van der Waals surface area contributed by atoms with Gasteiger partial charge in [0.15, 0.2) is 11.6 Å². The predicted molar refractivity (Wildman–Crippen MR) is 114 cm³/mol. The van der Waals surface area contributed by atoms with Crippen LogP contribution in [0.1, 0.15) is 79.1 Å². The molecule has 2 unspecified atom stereocenters. The van der Waals surface area contributed by atoms with E-state index in [-0.39, 0.29) is 55.7 Å². The zero-order valence-electron chi connectivity index (χ0n) is 19.5. The molecule has 4 aliphatic rings. The molecule has 32 heavy (non-hydrogen) atoms. The van der Waals surface area contributed by atoms with E-state index in [0.29, 0.717) is 12.8 Å². The van der Waals surface area contributed by atoms with E-state index in [0.717, 1.165) is 0 Å². The lowest BCUT2D eigenvalue weighted by atomic mass is 9.41. The number of fused-ring (bicyclic) bond motifs is 5. The molecule has 0 aromatic carbocycles. The van der Waals surface area contributed by atoms with E-state index in [1.807, 2.05) is 0 Å². The van der Waals surface area contributed by atoms with Gasteiger partial charge in [-0.1, -0.05) is 27.2 Å². The molecule has 0 aromatic rings. The van der Waals surface area contributed by atoms with Crippen LogP contribution in [0.2, 0.25) is 0 Å². The fourth-order valence-electron chi connectivity index (χ4n) is 8.67. The monoisotopic (exact) mass is 454 g/mol. The fraction of sp³-hybridized carbons (Fsp3) is 0.840. The van der Waals surface area contributed by atoms with E-state index in [9.17, 15) is 24.9 Å². The van der Waals surface area contributed by atoms with Crippen molar-refractivity contribution < 1.29 is 33.7 Å². The molecule has 5 nitrogen and oxygen atoms in total. The second-order valence-corrected chi connectivity index (χ2v) is 11.3. The van der Waals surface area contributed by atoms with Crippen LogP contribution < -0.4 is 0 Å². The van der Waals surface area contributed by atoms with E-state index < -0.39 is 51.8 Å². The third-order valence-corrected chi connectivity index (χ3v) is 10.1. The van der Waals surface area contributed by atoms with E-state index in [1.54, 1.807) is 20.8 Å². The number of hydrogen-bond donors (Lipinski definition) is 3. The van der Waals surface area contributed by atoms with Gasteiger partial charge in [0.25, 0.3) is 0 Å². The van der Waals surface area contributed by atoms with Crippen LogP contribution >= 0.6 is 0 Å². The molecule has 8 atom stereocenters. The molecular formula is C25H36F2O5. The number of aliphatic hydroxyl groups is 3. The molecular weight excluding hydrogens is 418 g/mol. The summed E-state index contributed by atoms with van der Waals surface area (Å²) in [6.45, 7) is 6.49. The van der Waals surface area contributed by atoms with E-state index in [4.69, 9.17) is 0 Å². The van der Waals surface area contributed by atoms with E-state index >= 15 is 8.78 Å². The van der Waals surface area contributed by atoms with Gasteiger partial charge in [-0.15, -0.1) is 0 Å². The SMILES string of the molecule is CCCC(O)(O)[C@]1(C(C)=O)CC[C@H]2[C@@H]3CC(F)C4=CC(=O)CC[C@]4(C)[C@@]3(F)C(O)C[C@@]21C. The van der Waals surface area contributed by atoms with Crippen molar-refractivity contribution in [2.24, 2.45) is 28.1 Å². The Balaban J connectivity index is 1.87. The lowest BCUT2D eigenvalue weighted by molar-refractivity contribution is -0.290. The molecule has 3 fully saturated rings. The summed E-state index contributed by atoms with van der Waals surface area (Å²) < 4.78 is 32.6. The molecule has 0 aromatic heterocycles. The molecule has 180 valence electrons. The van der Waals surface area contributed by atoms with Gasteiger partial charge < -0.3 is 15.3 Å². The van der Waals surface area contributed by atoms with Gasteiger partial charge in [-0.3, -0.25) is 9.59 Å². The number of rotatable bonds is 4. The molecule has 0 spiro atoms. The molecule has 4 rings (SSSR count). The van der Waals surface area contributed by atoms with Crippen LogP contribution in [0.15, 0.2) is 11.6 Å². The van der Waals surface area contributed by atoms with Gasteiger partial charge in [0.05, 0.1) is 11.5 Å². The van der Waals surface area contributed by atoms with E-state index in [1.165, 1.54) is 13.0 Å². The van der Waals surface area contributed by atoms with Crippen LogP contribution in [-0.2, 0) is 9.59 Å². The van der Waals surface area contributed by atoms with Crippen LogP contribution in [0.4, 0.5) is 8.78 Å². The first kappa shape index (κ1) is 24.0. The quantitative estimate of drug-likeness (QED) is 0.565. The first-order valence-corrected chi connectivity index (χ1v) is 11.9. The maximum absolute atomic E-state index is 17.2. The van der Waals surface area contributed by atoms with Crippen molar-refractivity contribution in [1.29, 1.82) is 0 Å². The zero-order valence-corrected chi connectivity index (χ0v) is 19.5. The highest BCUT2D eigenvalue weighted by Gasteiger charge is 2.78. The van der Waals surface area contributed by atoms with Crippen molar-refractivity contribution >= 4 is 11.6 Å². The number of carbonyl (C=O) groups excluding carboxylic acids is 2. The number of halogens is 2. The summed E-state index contributed by atoms with van der Waals surface area (Å²) in [6.07, 6.45) is -0.943. The summed E-state index contributed by atoms with van der Waals surface area (Å²) >= 11 is 0. The number of hydrogen-bond acceptors (Lipinski definition) is 5.